The topological polar surface area (TPSA) is 75.4 Å². The third-order valence-electron chi connectivity index (χ3n) is 4.43. The summed E-state index contributed by atoms with van der Waals surface area (Å²) in [5, 5.41) is 7.28. The molecule has 6 nitrogen and oxygen atoms in total. The highest BCUT2D eigenvalue weighted by Crippen LogP contribution is 2.28. The van der Waals surface area contributed by atoms with Gasteiger partial charge in [0.25, 0.3) is 0 Å². The van der Waals surface area contributed by atoms with Crippen molar-refractivity contribution >= 4 is 10.0 Å². The van der Waals surface area contributed by atoms with Gasteiger partial charge in [-0.1, -0.05) is 11.6 Å². The molecule has 2 aliphatic heterocycles. The average Bonchev–Trinajstić information content (AvgIpc) is 3.10. The lowest BCUT2D eigenvalue weighted by molar-refractivity contribution is 0.210. The molecule has 2 unspecified atom stereocenters. The quantitative estimate of drug-likeness (QED) is 0.910. The first-order valence-corrected chi connectivity index (χ1v) is 9.32. The zero-order valence-electron chi connectivity index (χ0n) is 12.4. The Morgan fingerprint density at radius 3 is 2.90 bits per heavy atom. The minimum absolute atomic E-state index is 0.0619. The third-order valence-corrected chi connectivity index (χ3v) is 6.25. The normalized spacial score (nSPS) is 28.0. The summed E-state index contributed by atoms with van der Waals surface area (Å²) in [6.07, 6.45) is 5.21. The van der Waals surface area contributed by atoms with Crippen molar-refractivity contribution in [2.45, 2.75) is 56.9 Å². The Balaban J connectivity index is 1.77. The highest BCUT2D eigenvalue weighted by atomic mass is 32.2. The van der Waals surface area contributed by atoms with Crippen LogP contribution < -0.4 is 5.32 Å². The van der Waals surface area contributed by atoms with Gasteiger partial charge in [0.1, 0.15) is 17.2 Å². The lowest BCUT2D eigenvalue weighted by Gasteiger charge is -2.38. The first kappa shape index (κ1) is 15.0. The van der Waals surface area contributed by atoms with Crippen molar-refractivity contribution in [1.29, 1.82) is 0 Å². The van der Waals surface area contributed by atoms with Gasteiger partial charge in [-0.15, -0.1) is 0 Å². The molecule has 0 aliphatic carbocycles. The lowest BCUT2D eigenvalue weighted by atomic mass is 9.97. The van der Waals surface area contributed by atoms with Gasteiger partial charge in [0.05, 0.1) is 0 Å². The monoisotopic (exact) mass is 313 g/mol. The molecule has 7 heteroatoms. The molecule has 0 amide bonds. The van der Waals surface area contributed by atoms with Crippen LogP contribution in [0.2, 0.25) is 0 Å². The van der Waals surface area contributed by atoms with Crippen LogP contribution in [0.3, 0.4) is 0 Å². The number of nitrogens with zero attached hydrogens (tertiary/aromatic N) is 2. The largest absolute Gasteiger partial charge is 0.361 e. The fourth-order valence-electron chi connectivity index (χ4n) is 3.47. The summed E-state index contributed by atoms with van der Waals surface area (Å²) in [5.41, 5.74) is 0.496. The molecule has 1 aromatic rings. The van der Waals surface area contributed by atoms with Crippen LogP contribution in [0.1, 0.15) is 43.6 Å². The Bertz CT molecular complexity index is 578. The van der Waals surface area contributed by atoms with Gasteiger partial charge in [-0.25, -0.2) is 8.42 Å². The van der Waals surface area contributed by atoms with Crippen molar-refractivity contribution in [3.63, 3.8) is 0 Å². The van der Waals surface area contributed by atoms with E-state index < -0.39 is 10.0 Å². The van der Waals surface area contributed by atoms with Crippen molar-refractivity contribution in [3.8, 4) is 0 Å². The number of aromatic nitrogens is 1. The highest BCUT2D eigenvalue weighted by molar-refractivity contribution is 7.88. The summed E-state index contributed by atoms with van der Waals surface area (Å²) in [6.45, 7) is 3.40. The summed E-state index contributed by atoms with van der Waals surface area (Å²) >= 11 is 0. The molecule has 118 valence electrons. The van der Waals surface area contributed by atoms with E-state index >= 15 is 0 Å². The average molecular weight is 313 g/mol. The second-order valence-electron chi connectivity index (χ2n) is 6.06. The van der Waals surface area contributed by atoms with Gasteiger partial charge in [-0.05, 0) is 39.2 Å². The SMILES string of the molecule is Cc1cc(CS(=O)(=O)N2CCCCC2C2CCCN2)no1. The fourth-order valence-corrected chi connectivity index (χ4v) is 5.22. The summed E-state index contributed by atoms with van der Waals surface area (Å²) in [6, 6.07) is 2.10. The van der Waals surface area contributed by atoms with E-state index in [1.165, 1.54) is 0 Å². The van der Waals surface area contributed by atoms with E-state index in [0.29, 0.717) is 24.0 Å². The van der Waals surface area contributed by atoms with E-state index in [4.69, 9.17) is 4.52 Å². The second kappa shape index (κ2) is 6.06. The van der Waals surface area contributed by atoms with Crippen molar-refractivity contribution in [2.24, 2.45) is 0 Å². The molecule has 0 bridgehead atoms. The lowest BCUT2D eigenvalue weighted by Crippen LogP contribution is -2.52. The molecule has 1 aromatic heterocycles. The third kappa shape index (κ3) is 3.30. The summed E-state index contributed by atoms with van der Waals surface area (Å²) < 4.78 is 32.2. The van der Waals surface area contributed by atoms with Gasteiger partial charge in [0.2, 0.25) is 10.0 Å². The smallest absolute Gasteiger partial charge is 0.220 e. The Labute approximate surface area is 125 Å². The van der Waals surface area contributed by atoms with E-state index in [1.807, 2.05) is 0 Å². The first-order valence-electron chi connectivity index (χ1n) is 7.71. The van der Waals surface area contributed by atoms with E-state index in [-0.39, 0.29) is 11.8 Å². The molecule has 0 radical (unpaired) electrons. The van der Waals surface area contributed by atoms with Gasteiger partial charge < -0.3 is 9.84 Å². The Kier molecular flexibility index (Phi) is 4.33. The molecule has 1 N–H and O–H groups in total. The number of sulfonamides is 1. The van der Waals surface area contributed by atoms with Gasteiger partial charge in [-0.2, -0.15) is 4.31 Å². The van der Waals surface area contributed by atoms with Gasteiger partial charge >= 0.3 is 0 Å². The van der Waals surface area contributed by atoms with Crippen LogP contribution in [0.15, 0.2) is 10.6 Å². The number of aryl methyl sites for hydroxylation is 1. The predicted octanol–water partition coefficient (Wildman–Crippen LogP) is 1.42. The number of hydrogen-bond donors (Lipinski definition) is 1. The number of hydrogen-bond acceptors (Lipinski definition) is 5. The summed E-state index contributed by atoms with van der Waals surface area (Å²) in [5.74, 6) is 0.584. The van der Waals surface area contributed by atoms with E-state index in [2.05, 4.69) is 10.5 Å². The molecular weight excluding hydrogens is 290 g/mol. The molecule has 21 heavy (non-hydrogen) atoms. The maximum Gasteiger partial charge on any atom is 0.220 e. The minimum atomic E-state index is -3.34. The maximum absolute atomic E-state index is 12.7. The van der Waals surface area contributed by atoms with Crippen LogP contribution >= 0.6 is 0 Å². The molecule has 2 atom stereocenters. The van der Waals surface area contributed by atoms with Gasteiger partial charge in [0, 0.05) is 24.7 Å². The summed E-state index contributed by atoms with van der Waals surface area (Å²) in [4.78, 5) is 0. The molecule has 0 spiro atoms. The predicted molar refractivity (Wildman–Crippen MR) is 79.2 cm³/mol. The second-order valence-corrected chi connectivity index (χ2v) is 7.98. The van der Waals surface area contributed by atoms with E-state index in [0.717, 1.165) is 38.6 Å². The van der Waals surface area contributed by atoms with E-state index in [9.17, 15) is 8.42 Å². The van der Waals surface area contributed by atoms with Crippen LogP contribution in [0.5, 0.6) is 0 Å². The van der Waals surface area contributed by atoms with Gasteiger partial charge in [-0.3, -0.25) is 0 Å². The summed E-state index contributed by atoms with van der Waals surface area (Å²) in [7, 11) is -3.34. The van der Waals surface area contributed by atoms with Crippen molar-refractivity contribution < 1.29 is 12.9 Å². The first-order chi connectivity index (χ1) is 10.1. The van der Waals surface area contributed by atoms with Crippen LogP contribution in [0.4, 0.5) is 0 Å². The molecular formula is C14H23N3O3S. The van der Waals surface area contributed by atoms with E-state index in [1.54, 1.807) is 17.3 Å². The van der Waals surface area contributed by atoms with Crippen LogP contribution in [-0.2, 0) is 15.8 Å². The molecule has 0 aromatic carbocycles. The van der Waals surface area contributed by atoms with Crippen LogP contribution in [-0.4, -0.2) is 43.1 Å². The van der Waals surface area contributed by atoms with Gasteiger partial charge in [0.15, 0.2) is 0 Å². The Morgan fingerprint density at radius 2 is 2.24 bits per heavy atom. The number of rotatable bonds is 4. The standard InChI is InChI=1S/C14H23N3O3S/c1-11-9-12(16-20-11)10-21(18,19)17-8-3-2-6-14(17)13-5-4-7-15-13/h9,13-15H,2-8,10H2,1H3. The van der Waals surface area contributed by atoms with Crippen molar-refractivity contribution in [1.82, 2.24) is 14.8 Å². The highest BCUT2D eigenvalue weighted by Gasteiger charge is 2.38. The van der Waals surface area contributed by atoms with Crippen molar-refractivity contribution in [2.75, 3.05) is 13.1 Å². The zero-order chi connectivity index (χ0) is 14.9. The number of piperidine rings is 1. The Hall–Kier alpha value is -0.920. The van der Waals surface area contributed by atoms with Crippen LogP contribution in [0, 0.1) is 6.92 Å². The molecule has 3 rings (SSSR count). The molecule has 3 heterocycles. The fraction of sp³-hybridized carbons (Fsp3) is 0.786. The van der Waals surface area contributed by atoms with Crippen LogP contribution in [0.25, 0.3) is 0 Å². The zero-order valence-corrected chi connectivity index (χ0v) is 13.2. The molecule has 2 aliphatic rings. The minimum Gasteiger partial charge on any atom is -0.361 e. The Morgan fingerprint density at radius 1 is 1.38 bits per heavy atom. The molecule has 2 saturated heterocycles. The molecule has 0 saturated carbocycles. The maximum atomic E-state index is 12.7. The molecule has 2 fully saturated rings. The van der Waals surface area contributed by atoms with Crippen molar-refractivity contribution in [3.05, 3.63) is 17.5 Å². The number of nitrogens with one attached hydrogen (secondary N) is 1.